The van der Waals surface area contributed by atoms with Crippen LogP contribution in [0.4, 0.5) is 4.39 Å². The zero-order chi connectivity index (χ0) is 17.8. The molecule has 3 rings (SSSR count). The second-order valence-corrected chi connectivity index (χ2v) is 6.96. The molecule has 1 aliphatic rings. The minimum atomic E-state index is -0.268. The van der Waals surface area contributed by atoms with Crippen molar-refractivity contribution < 1.29 is 9.18 Å². The van der Waals surface area contributed by atoms with Crippen molar-refractivity contribution in [1.29, 1.82) is 0 Å². The molecular formula is C21H25FN2O. The van der Waals surface area contributed by atoms with Gasteiger partial charge in [-0.2, -0.15) is 0 Å². The van der Waals surface area contributed by atoms with Crippen LogP contribution in [0, 0.1) is 5.82 Å². The number of hydrogen-bond donors (Lipinski definition) is 0. The summed E-state index contributed by atoms with van der Waals surface area (Å²) in [5.74, 6) is -0.206. The van der Waals surface area contributed by atoms with Crippen molar-refractivity contribution in [1.82, 2.24) is 9.80 Å². The van der Waals surface area contributed by atoms with E-state index in [0.717, 1.165) is 43.5 Å². The van der Waals surface area contributed by atoms with Crippen LogP contribution in [0.2, 0.25) is 0 Å². The fraction of sp³-hybridized carbons (Fsp3) is 0.381. The fourth-order valence-corrected chi connectivity index (χ4v) is 3.41. The van der Waals surface area contributed by atoms with Gasteiger partial charge in [-0.25, -0.2) is 4.39 Å². The lowest BCUT2D eigenvalue weighted by molar-refractivity contribution is 0.0725. The molecule has 132 valence electrons. The summed E-state index contributed by atoms with van der Waals surface area (Å²) < 4.78 is 13.5. The molecule has 1 amide bonds. The first kappa shape index (κ1) is 17.6. The van der Waals surface area contributed by atoms with E-state index < -0.39 is 0 Å². The Morgan fingerprint density at radius 3 is 2.52 bits per heavy atom. The third-order valence-electron chi connectivity index (χ3n) is 4.93. The van der Waals surface area contributed by atoms with E-state index in [2.05, 4.69) is 19.0 Å². The highest BCUT2D eigenvalue weighted by molar-refractivity contribution is 5.95. The van der Waals surface area contributed by atoms with Crippen molar-refractivity contribution in [2.24, 2.45) is 0 Å². The maximum absolute atomic E-state index is 13.5. The molecule has 0 unspecified atom stereocenters. The number of rotatable bonds is 3. The van der Waals surface area contributed by atoms with E-state index >= 15 is 0 Å². The van der Waals surface area contributed by atoms with E-state index in [0.29, 0.717) is 11.6 Å². The number of benzene rings is 2. The molecule has 4 heteroatoms. The highest BCUT2D eigenvalue weighted by atomic mass is 19.1. The van der Waals surface area contributed by atoms with Crippen LogP contribution in [0.25, 0.3) is 11.1 Å². The largest absolute Gasteiger partial charge is 0.337 e. The molecule has 1 atom stereocenters. The fourth-order valence-electron chi connectivity index (χ4n) is 3.41. The summed E-state index contributed by atoms with van der Waals surface area (Å²) in [6.07, 6.45) is 3.32. The molecule has 3 nitrogen and oxygen atoms in total. The molecule has 0 N–H and O–H groups in total. The molecule has 2 aromatic carbocycles. The van der Waals surface area contributed by atoms with Gasteiger partial charge in [0.25, 0.3) is 5.91 Å². The summed E-state index contributed by atoms with van der Waals surface area (Å²) in [5, 5.41) is 0. The minimum Gasteiger partial charge on any atom is -0.337 e. The summed E-state index contributed by atoms with van der Waals surface area (Å²) in [4.78, 5) is 17.2. The lowest BCUT2D eigenvalue weighted by atomic mass is 10.0. The summed E-state index contributed by atoms with van der Waals surface area (Å²) in [7, 11) is 4.15. The molecule has 1 fully saturated rings. The first-order valence-electron chi connectivity index (χ1n) is 8.86. The van der Waals surface area contributed by atoms with Gasteiger partial charge >= 0.3 is 0 Å². The molecule has 1 aliphatic heterocycles. The maximum atomic E-state index is 13.5. The van der Waals surface area contributed by atoms with Crippen LogP contribution in [0.3, 0.4) is 0 Å². The topological polar surface area (TPSA) is 23.6 Å². The monoisotopic (exact) mass is 340 g/mol. The van der Waals surface area contributed by atoms with Gasteiger partial charge in [-0.05, 0) is 62.3 Å². The SMILES string of the molecule is CN(C)[C@H]1CCCCN(C(=O)c2cccc(-c3cccc(F)c3)c2)C1. The zero-order valence-electron chi connectivity index (χ0n) is 14.9. The van der Waals surface area contributed by atoms with Crippen molar-refractivity contribution in [2.75, 3.05) is 27.2 Å². The van der Waals surface area contributed by atoms with Gasteiger partial charge in [0.2, 0.25) is 0 Å². The molecule has 0 radical (unpaired) electrons. The molecule has 0 bridgehead atoms. The van der Waals surface area contributed by atoms with Crippen LogP contribution in [0.5, 0.6) is 0 Å². The van der Waals surface area contributed by atoms with Crippen LogP contribution in [-0.2, 0) is 0 Å². The number of halogens is 1. The Morgan fingerprint density at radius 2 is 1.80 bits per heavy atom. The molecule has 1 saturated heterocycles. The molecule has 0 aliphatic carbocycles. The molecular weight excluding hydrogens is 315 g/mol. The predicted molar refractivity (Wildman–Crippen MR) is 99.1 cm³/mol. The van der Waals surface area contributed by atoms with Gasteiger partial charge < -0.3 is 9.80 Å². The Kier molecular flexibility index (Phi) is 5.49. The van der Waals surface area contributed by atoms with E-state index in [4.69, 9.17) is 0 Å². The highest BCUT2D eigenvalue weighted by Gasteiger charge is 2.24. The first-order chi connectivity index (χ1) is 12.0. The third-order valence-corrected chi connectivity index (χ3v) is 4.93. The summed E-state index contributed by atoms with van der Waals surface area (Å²) >= 11 is 0. The van der Waals surface area contributed by atoms with E-state index in [1.165, 1.54) is 12.1 Å². The first-order valence-corrected chi connectivity index (χ1v) is 8.86. The summed E-state index contributed by atoms with van der Waals surface area (Å²) in [5.41, 5.74) is 2.32. The Labute approximate surface area is 149 Å². The number of likely N-dealkylation sites (tertiary alicyclic amines) is 1. The van der Waals surface area contributed by atoms with Crippen LogP contribution in [0.1, 0.15) is 29.6 Å². The molecule has 0 saturated carbocycles. The normalized spacial score (nSPS) is 18.2. The molecule has 0 spiro atoms. The van der Waals surface area contributed by atoms with E-state index in [9.17, 15) is 9.18 Å². The second-order valence-electron chi connectivity index (χ2n) is 6.96. The predicted octanol–water partition coefficient (Wildman–Crippen LogP) is 4.05. The maximum Gasteiger partial charge on any atom is 0.253 e. The van der Waals surface area contributed by atoms with Crippen molar-refractivity contribution in [3.05, 3.63) is 59.9 Å². The summed E-state index contributed by atoms with van der Waals surface area (Å²) in [6.45, 7) is 1.56. The van der Waals surface area contributed by atoms with Gasteiger partial charge in [-0.1, -0.05) is 30.7 Å². The number of carbonyl (C=O) groups excluding carboxylic acids is 1. The number of carbonyl (C=O) groups is 1. The number of likely N-dealkylation sites (N-methyl/N-ethyl adjacent to an activating group) is 1. The van der Waals surface area contributed by atoms with Gasteiger partial charge in [0, 0.05) is 24.7 Å². The van der Waals surface area contributed by atoms with Gasteiger partial charge in [0.05, 0.1) is 0 Å². The Morgan fingerprint density at radius 1 is 1.08 bits per heavy atom. The average molecular weight is 340 g/mol. The second kappa shape index (κ2) is 7.79. The lowest BCUT2D eigenvalue weighted by Gasteiger charge is -2.28. The van der Waals surface area contributed by atoms with E-state index in [-0.39, 0.29) is 11.7 Å². The van der Waals surface area contributed by atoms with Gasteiger partial charge in [0.15, 0.2) is 0 Å². The Balaban J connectivity index is 1.83. The molecule has 25 heavy (non-hydrogen) atoms. The van der Waals surface area contributed by atoms with Crippen molar-refractivity contribution in [2.45, 2.75) is 25.3 Å². The van der Waals surface area contributed by atoms with Gasteiger partial charge in [0.1, 0.15) is 5.82 Å². The molecule has 2 aromatic rings. The van der Waals surface area contributed by atoms with Crippen LogP contribution in [0.15, 0.2) is 48.5 Å². The highest BCUT2D eigenvalue weighted by Crippen LogP contribution is 2.23. The quantitative estimate of drug-likeness (QED) is 0.841. The van der Waals surface area contributed by atoms with Gasteiger partial charge in [-0.15, -0.1) is 0 Å². The lowest BCUT2D eigenvalue weighted by Crippen LogP contribution is -2.41. The Hall–Kier alpha value is -2.20. The van der Waals surface area contributed by atoms with Gasteiger partial charge in [-0.3, -0.25) is 4.79 Å². The standard InChI is InChI=1S/C21H25FN2O/c1-23(2)20-11-3-4-12-24(15-20)21(25)18-9-5-7-16(13-18)17-8-6-10-19(22)14-17/h5-10,13-14,20H,3-4,11-12,15H2,1-2H3/t20-/m0/s1. The molecule has 0 aromatic heterocycles. The van der Waals surface area contributed by atoms with E-state index in [1.807, 2.05) is 35.2 Å². The van der Waals surface area contributed by atoms with Crippen LogP contribution < -0.4 is 0 Å². The van der Waals surface area contributed by atoms with E-state index in [1.54, 1.807) is 6.07 Å². The summed E-state index contributed by atoms with van der Waals surface area (Å²) in [6, 6.07) is 14.4. The molecule has 1 heterocycles. The minimum absolute atomic E-state index is 0.0620. The Bertz CT molecular complexity index is 744. The number of amides is 1. The van der Waals surface area contributed by atoms with Crippen LogP contribution >= 0.6 is 0 Å². The van der Waals surface area contributed by atoms with Crippen molar-refractivity contribution in [3.63, 3.8) is 0 Å². The van der Waals surface area contributed by atoms with Crippen LogP contribution in [-0.4, -0.2) is 48.9 Å². The zero-order valence-corrected chi connectivity index (χ0v) is 14.9. The third kappa shape index (κ3) is 4.26. The average Bonchev–Trinajstić information content (AvgIpc) is 2.87. The number of nitrogens with zero attached hydrogens (tertiary/aromatic N) is 2. The van der Waals surface area contributed by atoms with Crippen molar-refractivity contribution in [3.8, 4) is 11.1 Å². The smallest absolute Gasteiger partial charge is 0.253 e. The van der Waals surface area contributed by atoms with Crippen molar-refractivity contribution >= 4 is 5.91 Å². The number of hydrogen-bond acceptors (Lipinski definition) is 2.